The smallest absolute Gasteiger partial charge is 0.329 e. The average Bonchev–Trinajstić information content (AvgIpc) is 2.57. The van der Waals surface area contributed by atoms with Crippen molar-refractivity contribution in [3.05, 3.63) is 45.1 Å². The van der Waals surface area contributed by atoms with Crippen molar-refractivity contribution in [3.8, 4) is 0 Å². The molecule has 0 aliphatic rings. The van der Waals surface area contributed by atoms with Gasteiger partial charge in [0.05, 0.1) is 22.9 Å². The third-order valence-electron chi connectivity index (χ3n) is 4.28. The lowest BCUT2D eigenvalue weighted by Crippen LogP contribution is -2.52. The first kappa shape index (κ1) is 18.4. The minimum Gasteiger partial charge on any atom is -0.548 e. The lowest BCUT2D eigenvalue weighted by Gasteiger charge is -2.26. The second-order valence-corrected chi connectivity index (χ2v) is 6.03. The van der Waals surface area contributed by atoms with Gasteiger partial charge in [-0.05, 0) is 25.0 Å². The lowest BCUT2D eigenvalue weighted by atomic mass is 9.97. The molecule has 134 valence electrons. The average molecular weight is 346 g/mol. The molecule has 0 bridgehead atoms. The number of nitrogens with one attached hydrogen (secondary N) is 2. The van der Waals surface area contributed by atoms with Crippen molar-refractivity contribution in [2.24, 2.45) is 5.92 Å². The van der Waals surface area contributed by atoms with Crippen molar-refractivity contribution < 1.29 is 14.7 Å². The number of rotatable bonds is 6. The van der Waals surface area contributed by atoms with Gasteiger partial charge in [0.25, 0.3) is 5.56 Å². The molecule has 0 aliphatic heterocycles. The van der Waals surface area contributed by atoms with Gasteiger partial charge in [0.2, 0.25) is 5.91 Å². The predicted octanol–water partition coefficient (Wildman–Crippen LogP) is -0.468. The summed E-state index contributed by atoms with van der Waals surface area (Å²) in [6.07, 6.45) is 0.510. The molecule has 25 heavy (non-hydrogen) atoms. The second-order valence-electron chi connectivity index (χ2n) is 6.03. The molecule has 2 N–H and O–H groups in total. The number of aromatic nitrogens is 2. The molecule has 0 radical (unpaired) electrons. The molecule has 0 saturated heterocycles. The Morgan fingerprint density at radius 1 is 1.24 bits per heavy atom. The zero-order chi connectivity index (χ0) is 18.7. The van der Waals surface area contributed by atoms with Gasteiger partial charge in [0.1, 0.15) is 6.04 Å². The fraction of sp³-hybridized carbons (Fsp3) is 0.412. The van der Waals surface area contributed by atoms with Crippen LogP contribution < -0.4 is 21.7 Å². The minimum absolute atomic E-state index is 0.274. The van der Waals surface area contributed by atoms with E-state index in [1.807, 2.05) is 6.92 Å². The fourth-order valence-corrected chi connectivity index (χ4v) is 2.64. The first-order valence-electron chi connectivity index (χ1n) is 8.02. The third kappa shape index (κ3) is 3.62. The van der Waals surface area contributed by atoms with E-state index in [9.17, 15) is 24.3 Å². The maximum atomic E-state index is 12.8. The topological polar surface area (TPSA) is 124 Å². The molecular formula is C17H20N3O5-. The second kappa shape index (κ2) is 7.33. The molecule has 0 saturated carbocycles. The summed E-state index contributed by atoms with van der Waals surface area (Å²) in [5.74, 6) is -2.53. The molecule has 1 aromatic heterocycles. The van der Waals surface area contributed by atoms with Crippen LogP contribution in [0, 0.1) is 5.92 Å². The number of hydrogen-bond acceptors (Lipinski definition) is 5. The summed E-state index contributed by atoms with van der Waals surface area (Å²) in [6, 6.07) is 4.12. The van der Waals surface area contributed by atoms with Crippen LogP contribution in [0.2, 0.25) is 0 Å². The summed E-state index contributed by atoms with van der Waals surface area (Å²) < 4.78 is 0.855. The van der Waals surface area contributed by atoms with E-state index in [1.54, 1.807) is 31.2 Å². The first-order valence-corrected chi connectivity index (χ1v) is 8.02. The van der Waals surface area contributed by atoms with Gasteiger partial charge in [-0.2, -0.15) is 0 Å². The Morgan fingerprint density at radius 2 is 1.88 bits per heavy atom. The number of carboxylic acid groups (broad SMARTS) is 1. The van der Waals surface area contributed by atoms with Crippen LogP contribution in [0.4, 0.5) is 0 Å². The maximum Gasteiger partial charge on any atom is 0.329 e. The van der Waals surface area contributed by atoms with Crippen LogP contribution >= 0.6 is 0 Å². The number of aromatic amines is 1. The Bertz CT molecular complexity index is 914. The molecule has 8 nitrogen and oxygen atoms in total. The van der Waals surface area contributed by atoms with Crippen LogP contribution in [0.1, 0.15) is 33.2 Å². The summed E-state index contributed by atoms with van der Waals surface area (Å²) >= 11 is 0. The molecule has 1 aromatic carbocycles. The molecule has 0 unspecified atom stereocenters. The van der Waals surface area contributed by atoms with Crippen molar-refractivity contribution in [2.45, 2.75) is 39.3 Å². The standard InChI is InChI=1S/C17H21N3O5/c1-4-9(2)13(14(21)18-10(3)16(23)24)20-15(22)11-7-5-6-8-12(11)19-17(20)25/h5-10,13H,4H2,1-3H3,(H,18,21)(H,19,25)(H,23,24)/p-1/t9-,10-,13-/m0/s1. The van der Waals surface area contributed by atoms with Crippen molar-refractivity contribution in [1.82, 2.24) is 14.9 Å². The van der Waals surface area contributed by atoms with Crippen LogP contribution in [0.5, 0.6) is 0 Å². The Kier molecular flexibility index (Phi) is 5.41. The molecule has 1 amide bonds. The normalized spacial score (nSPS) is 14.7. The zero-order valence-corrected chi connectivity index (χ0v) is 14.2. The van der Waals surface area contributed by atoms with Gasteiger partial charge in [-0.3, -0.25) is 9.59 Å². The Balaban J connectivity index is 2.61. The fourth-order valence-electron chi connectivity index (χ4n) is 2.64. The highest BCUT2D eigenvalue weighted by Gasteiger charge is 2.30. The number of nitrogens with zero attached hydrogens (tertiary/aromatic N) is 1. The summed E-state index contributed by atoms with van der Waals surface area (Å²) in [5, 5.41) is 13.4. The third-order valence-corrected chi connectivity index (χ3v) is 4.28. The Labute approximate surface area is 143 Å². The van der Waals surface area contributed by atoms with E-state index in [1.165, 1.54) is 6.92 Å². The van der Waals surface area contributed by atoms with Crippen molar-refractivity contribution in [3.63, 3.8) is 0 Å². The molecule has 2 aromatic rings. The summed E-state index contributed by atoms with van der Waals surface area (Å²) in [4.78, 5) is 51.3. The van der Waals surface area contributed by atoms with E-state index in [0.29, 0.717) is 11.9 Å². The van der Waals surface area contributed by atoms with E-state index < -0.39 is 35.2 Å². The van der Waals surface area contributed by atoms with E-state index >= 15 is 0 Å². The number of hydrogen-bond donors (Lipinski definition) is 2. The monoisotopic (exact) mass is 346 g/mol. The lowest BCUT2D eigenvalue weighted by molar-refractivity contribution is -0.307. The highest BCUT2D eigenvalue weighted by molar-refractivity contribution is 5.86. The molecule has 0 aliphatic carbocycles. The van der Waals surface area contributed by atoms with Gasteiger partial charge in [-0.15, -0.1) is 0 Å². The molecule has 0 fully saturated rings. The zero-order valence-electron chi connectivity index (χ0n) is 14.2. The molecular weight excluding hydrogens is 326 g/mol. The van der Waals surface area contributed by atoms with Gasteiger partial charge < -0.3 is 20.2 Å². The molecule has 1 heterocycles. The van der Waals surface area contributed by atoms with E-state index in [0.717, 1.165) is 4.57 Å². The van der Waals surface area contributed by atoms with Crippen molar-refractivity contribution in [2.75, 3.05) is 0 Å². The van der Waals surface area contributed by atoms with E-state index in [2.05, 4.69) is 10.3 Å². The highest BCUT2D eigenvalue weighted by Crippen LogP contribution is 2.19. The van der Waals surface area contributed by atoms with Crippen LogP contribution in [-0.2, 0) is 9.59 Å². The van der Waals surface area contributed by atoms with Gasteiger partial charge in [-0.1, -0.05) is 32.4 Å². The molecule has 8 heteroatoms. The van der Waals surface area contributed by atoms with Crippen molar-refractivity contribution in [1.29, 1.82) is 0 Å². The van der Waals surface area contributed by atoms with Gasteiger partial charge in [0, 0.05) is 0 Å². The predicted molar refractivity (Wildman–Crippen MR) is 89.9 cm³/mol. The van der Waals surface area contributed by atoms with Gasteiger partial charge in [0.15, 0.2) is 0 Å². The number of carboxylic acids is 1. The van der Waals surface area contributed by atoms with Crippen molar-refractivity contribution >= 4 is 22.8 Å². The number of fused-ring (bicyclic) bond motifs is 1. The minimum atomic E-state index is -1.45. The van der Waals surface area contributed by atoms with E-state index in [-0.39, 0.29) is 11.3 Å². The summed E-state index contributed by atoms with van der Waals surface area (Å²) in [7, 11) is 0. The number of amides is 1. The first-order chi connectivity index (χ1) is 11.8. The molecule has 2 rings (SSSR count). The van der Waals surface area contributed by atoms with E-state index in [4.69, 9.17) is 0 Å². The largest absolute Gasteiger partial charge is 0.548 e. The highest BCUT2D eigenvalue weighted by atomic mass is 16.4. The summed E-state index contributed by atoms with van der Waals surface area (Å²) in [6.45, 7) is 4.79. The summed E-state index contributed by atoms with van der Waals surface area (Å²) in [5.41, 5.74) is -0.939. The van der Waals surface area contributed by atoms with Crippen LogP contribution in [-0.4, -0.2) is 27.5 Å². The number of carbonyl (C=O) groups excluding carboxylic acids is 2. The quantitative estimate of drug-likeness (QED) is 0.732. The number of H-pyrrole nitrogens is 1. The van der Waals surface area contributed by atoms with Gasteiger partial charge >= 0.3 is 5.69 Å². The van der Waals surface area contributed by atoms with Crippen LogP contribution in [0.25, 0.3) is 10.9 Å². The van der Waals surface area contributed by atoms with Gasteiger partial charge in [-0.25, -0.2) is 9.36 Å². The number of aliphatic carboxylic acids is 1. The molecule has 3 atom stereocenters. The number of para-hydroxylation sites is 1. The number of benzene rings is 1. The number of carbonyl (C=O) groups is 2. The maximum absolute atomic E-state index is 12.8. The SMILES string of the molecule is CC[C@H](C)[C@@H](C(=O)N[C@@H](C)C(=O)[O-])n1c(=O)[nH]c2ccccc2c1=O. The molecule has 0 spiro atoms. The van der Waals surface area contributed by atoms with Crippen LogP contribution in [0.15, 0.2) is 33.9 Å². The Morgan fingerprint density at radius 3 is 2.48 bits per heavy atom. The van der Waals surface area contributed by atoms with Crippen LogP contribution in [0.3, 0.4) is 0 Å². The Hall–Kier alpha value is -2.90.